The average Bonchev–Trinajstić information content (AvgIpc) is 3.23. The van der Waals surface area contributed by atoms with Crippen LogP contribution in [0.5, 0.6) is 0 Å². The van der Waals surface area contributed by atoms with Crippen LogP contribution in [0, 0.1) is 0 Å². The Morgan fingerprint density at radius 1 is 1.21 bits per heavy atom. The highest BCUT2D eigenvalue weighted by atomic mass is 32.1. The molecule has 1 aromatic carbocycles. The van der Waals surface area contributed by atoms with Crippen LogP contribution in [0.2, 0.25) is 0 Å². The number of amides is 4. The molecule has 148 valence electrons. The van der Waals surface area contributed by atoms with Crippen LogP contribution in [-0.2, 0) is 22.6 Å². The molecule has 2 N–H and O–H groups in total. The predicted octanol–water partition coefficient (Wildman–Crippen LogP) is 2.15. The maximum atomic E-state index is 12.8. The van der Waals surface area contributed by atoms with Gasteiger partial charge in [-0.2, -0.15) is 5.01 Å². The number of hydrogen-bond donors (Lipinski definition) is 2. The van der Waals surface area contributed by atoms with Crippen molar-refractivity contribution < 1.29 is 14.4 Å². The second-order valence-electron chi connectivity index (χ2n) is 7.18. The number of benzene rings is 1. The van der Waals surface area contributed by atoms with Gasteiger partial charge >= 0.3 is 6.03 Å². The highest BCUT2D eigenvalue weighted by Crippen LogP contribution is 2.22. The fourth-order valence-electron chi connectivity index (χ4n) is 3.12. The topological polar surface area (TPSA) is 81.8 Å². The summed E-state index contributed by atoms with van der Waals surface area (Å²) in [6.07, 6.45) is 1.10. The van der Waals surface area contributed by atoms with Crippen molar-refractivity contribution in [2.75, 3.05) is 13.6 Å². The lowest BCUT2D eigenvalue weighted by molar-refractivity contribution is -0.139. The van der Waals surface area contributed by atoms with Gasteiger partial charge < -0.3 is 5.32 Å². The zero-order chi connectivity index (χ0) is 20.1. The quantitative estimate of drug-likeness (QED) is 0.666. The van der Waals surface area contributed by atoms with Crippen LogP contribution in [0.25, 0.3) is 0 Å². The van der Waals surface area contributed by atoms with E-state index in [1.54, 1.807) is 18.3 Å². The van der Waals surface area contributed by atoms with Gasteiger partial charge in [0.2, 0.25) is 0 Å². The van der Waals surface area contributed by atoms with Crippen LogP contribution in [0.3, 0.4) is 0 Å². The Morgan fingerprint density at radius 2 is 1.96 bits per heavy atom. The first kappa shape index (κ1) is 20.0. The number of carbonyl (C=O) groups is 3. The van der Waals surface area contributed by atoms with E-state index in [9.17, 15) is 14.4 Å². The molecule has 1 aliphatic heterocycles. The molecule has 1 aromatic heterocycles. The Hall–Kier alpha value is -2.71. The minimum Gasteiger partial charge on any atom is -0.322 e. The van der Waals surface area contributed by atoms with Crippen molar-refractivity contribution in [1.82, 2.24) is 20.7 Å². The lowest BCUT2D eigenvalue weighted by Gasteiger charge is -2.22. The average molecular weight is 401 g/mol. The molecule has 4 amide bonds. The monoisotopic (exact) mass is 400 g/mol. The largest absolute Gasteiger partial charge is 0.344 e. The molecule has 28 heavy (non-hydrogen) atoms. The normalized spacial score (nSPS) is 19.2. The van der Waals surface area contributed by atoms with Crippen molar-refractivity contribution in [3.05, 3.63) is 58.3 Å². The first-order valence-electron chi connectivity index (χ1n) is 9.08. The van der Waals surface area contributed by atoms with Gasteiger partial charge in [0.1, 0.15) is 5.54 Å². The molecule has 0 saturated carbocycles. The molecule has 1 saturated heterocycles. The molecule has 3 rings (SSSR count). The van der Waals surface area contributed by atoms with E-state index in [4.69, 9.17) is 0 Å². The van der Waals surface area contributed by atoms with Crippen LogP contribution >= 0.6 is 11.3 Å². The molecule has 0 radical (unpaired) electrons. The van der Waals surface area contributed by atoms with Crippen LogP contribution < -0.4 is 10.7 Å². The lowest BCUT2D eigenvalue weighted by atomic mass is 9.93. The molecule has 1 fully saturated rings. The minimum atomic E-state index is -1.04. The maximum Gasteiger partial charge on any atom is 0.344 e. The highest BCUT2D eigenvalue weighted by Gasteiger charge is 2.48. The smallest absolute Gasteiger partial charge is 0.322 e. The van der Waals surface area contributed by atoms with Gasteiger partial charge in [0.15, 0.2) is 0 Å². The molecule has 2 heterocycles. The number of carbonyl (C=O) groups excluding carboxylic acids is 3. The SMILES string of the molecule is CN(CC(=O)NN1C(=O)N[C@@](C)(CCc2ccccc2)C1=O)Cc1cccs1. The number of urea groups is 1. The summed E-state index contributed by atoms with van der Waals surface area (Å²) in [5, 5.41) is 5.48. The number of hydrogen-bond acceptors (Lipinski definition) is 5. The second-order valence-corrected chi connectivity index (χ2v) is 8.21. The summed E-state index contributed by atoms with van der Waals surface area (Å²) in [4.78, 5) is 40.3. The van der Waals surface area contributed by atoms with Crippen LogP contribution in [0.15, 0.2) is 47.8 Å². The van der Waals surface area contributed by atoms with Crippen molar-refractivity contribution in [3.8, 4) is 0 Å². The van der Waals surface area contributed by atoms with Gasteiger partial charge in [0, 0.05) is 11.4 Å². The molecule has 0 aliphatic carbocycles. The zero-order valence-corrected chi connectivity index (χ0v) is 16.8. The van der Waals surface area contributed by atoms with Gasteiger partial charge in [-0.05, 0) is 43.8 Å². The molecule has 0 spiro atoms. The third-order valence-electron chi connectivity index (χ3n) is 4.67. The summed E-state index contributed by atoms with van der Waals surface area (Å²) in [7, 11) is 1.81. The van der Waals surface area contributed by atoms with Gasteiger partial charge in [-0.1, -0.05) is 36.4 Å². The summed E-state index contributed by atoms with van der Waals surface area (Å²) in [6.45, 7) is 2.39. The number of thiophene rings is 1. The highest BCUT2D eigenvalue weighted by molar-refractivity contribution is 7.09. The first-order valence-corrected chi connectivity index (χ1v) is 9.96. The molecule has 1 atom stereocenters. The number of imide groups is 1. The first-order chi connectivity index (χ1) is 13.4. The predicted molar refractivity (Wildman–Crippen MR) is 107 cm³/mol. The van der Waals surface area contributed by atoms with E-state index in [1.165, 1.54) is 0 Å². The number of nitrogens with one attached hydrogen (secondary N) is 2. The van der Waals surface area contributed by atoms with E-state index in [0.29, 0.717) is 19.4 Å². The number of nitrogens with zero attached hydrogens (tertiary/aromatic N) is 2. The van der Waals surface area contributed by atoms with Gasteiger partial charge in [-0.3, -0.25) is 19.9 Å². The Labute approximate surface area is 168 Å². The molecular weight excluding hydrogens is 376 g/mol. The van der Waals surface area contributed by atoms with E-state index < -0.39 is 23.4 Å². The van der Waals surface area contributed by atoms with Crippen molar-refractivity contribution in [3.63, 3.8) is 0 Å². The molecular formula is C20H24N4O3S. The third-order valence-corrected chi connectivity index (χ3v) is 5.53. The molecule has 8 heteroatoms. The van der Waals surface area contributed by atoms with E-state index in [2.05, 4.69) is 10.7 Å². The van der Waals surface area contributed by atoms with Gasteiger partial charge in [-0.15, -0.1) is 11.3 Å². The van der Waals surface area contributed by atoms with Gasteiger partial charge in [-0.25, -0.2) is 4.79 Å². The Balaban J connectivity index is 1.54. The van der Waals surface area contributed by atoms with E-state index in [0.717, 1.165) is 15.4 Å². The number of likely N-dealkylation sites (N-methyl/N-ethyl adjacent to an activating group) is 1. The third kappa shape index (κ3) is 4.76. The van der Waals surface area contributed by atoms with E-state index in [-0.39, 0.29) is 6.54 Å². The van der Waals surface area contributed by atoms with Crippen molar-refractivity contribution in [2.45, 2.75) is 31.8 Å². The number of rotatable bonds is 8. The minimum absolute atomic E-state index is 0.0791. The molecule has 0 unspecified atom stereocenters. The fraction of sp³-hybridized carbons (Fsp3) is 0.350. The zero-order valence-electron chi connectivity index (χ0n) is 16.0. The van der Waals surface area contributed by atoms with Crippen molar-refractivity contribution >= 4 is 29.2 Å². The molecule has 0 bridgehead atoms. The molecule has 7 nitrogen and oxygen atoms in total. The molecule has 2 aromatic rings. The second kappa shape index (κ2) is 8.53. The summed E-state index contributed by atoms with van der Waals surface area (Å²) in [5.74, 6) is -0.849. The summed E-state index contributed by atoms with van der Waals surface area (Å²) in [5.41, 5.74) is 2.48. The number of aryl methyl sites for hydroxylation is 1. The maximum absolute atomic E-state index is 12.8. The Morgan fingerprint density at radius 3 is 2.64 bits per heavy atom. The summed E-state index contributed by atoms with van der Waals surface area (Å²) < 4.78 is 0. The van der Waals surface area contributed by atoms with E-state index >= 15 is 0 Å². The fourth-order valence-corrected chi connectivity index (χ4v) is 3.91. The van der Waals surface area contributed by atoms with Gasteiger partial charge in [0.05, 0.1) is 6.54 Å². The van der Waals surface area contributed by atoms with Crippen LogP contribution in [0.4, 0.5) is 4.79 Å². The standard InChI is InChI=1S/C20H24N4O3S/c1-20(11-10-15-7-4-3-5-8-15)18(26)24(19(27)21-20)22-17(25)14-23(2)13-16-9-6-12-28-16/h3-9,12H,10-11,13-14H2,1-2H3,(H,21,27)(H,22,25)/t20-/m0/s1. The molecule has 1 aliphatic rings. The Bertz CT molecular complexity index is 840. The summed E-state index contributed by atoms with van der Waals surface area (Å²) in [6, 6.07) is 13.1. The van der Waals surface area contributed by atoms with E-state index in [1.807, 2.05) is 59.8 Å². The van der Waals surface area contributed by atoms with Gasteiger partial charge in [0.25, 0.3) is 11.8 Å². The Kier molecular flexibility index (Phi) is 6.11. The number of hydrazine groups is 1. The van der Waals surface area contributed by atoms with Crippen LogP contribution in [-0.4, -0.2) is 46.9 Å². The van der Waals surface area contributed by atoms with Crippen molar-refractivity contribution in [1.29, 1.82) is 0 Å². The summed E-state index contributed by atoms with van der Waals surface area (Å²) >= 11 is 1.61. The lowest BCUT2D eigenvalue weighted by Crippen LogP contribution is -2.51. The van der Waals surface area contributed by atoms with Crippen molar-refractivity contribution in [2.24, 2.45) is 0 Å². The van der Waals surface area contributed by atoms with Crippen LogP contribution in [0.1, 0.15) is 23.8 Å².